The summed E-state index contributed by atoms with van der Waals surface area (Å²) >= 11 is 0. The molecule has 0 saturated heterocycles. The first-order chi connectivity index (χ1) is 7.59. The Kier molecular flexibility index (Phi) is 2.69. The lowest BCUT2D eigenvalue weighted by atomic mass is 9.99. The van der Waals surface area contributed by atoms with E-state index in [0.717, 1.165) is 6.07 Å². The molecule has 2 rings (SSSR count). The molecule has 0 unspecified atom stereocenters. The van der Waals surface area contributed by atoms with Crippen molar-refractivity contribution in [1.82, 2.24) is 0 Å². The van der Waals surface area contributed by atoms with E-state index in [0.29, 0.717) is 5.56 Å². The Morgan fingerprint density at radius 3 is 2.25 bits per heavy atom. The molecule has 0 aliphatic heterocycles. The molecular weight excluding hydrogens is 213 g/mol. The van der Waals surface area contributed by atoms with E-state index in [1.807, 2.05) is 0 Å². The highest BCUT2D eigenvalue weighted by atomic mass is 19.4. The topological polar surface area (TPSA) is 0 Å². The van der Waals surface area contributed by atoms with Crippen LogP contribution in [0.3, 0.4) is 0 Å². The predicted octanol–water partition coefficient (Wildman–Crippen LogP) is 4.17. The minimum atomic E-state index is -4.33. The number of rotatable bonds is 1. The number of hydrogen-bond donors (Lipinski definition) is 0. The molecule has 0 amide bonds. The first-order valence-electron chi connectivity index (χ1n) is 4.72. The molecule has 0 saturated carbocycles. The second-order valence-corrected chi connectivity index (χ2v) is 3.34. The molecule has 0 N–H and O–H groups in total. The quantitative estimate of drug-likeness (QED) is 0.677. The Bertz CT molecular complexity index is 472. The van der Waals surface area contributed by atoms with Crippen LogP contribution >= 0.6 is 0 Å². The number of benzene rings is 2. The third kappa shape index (κ3) is 2.08. The summed E-state index contributed by atoms with van der Waals surface area (Å²) in [4.78, 5) is 0. The van der Waals surface area contributed by atoms with E-state index in [9.17, 15) is 13.2 Å². The van der Waals surface area contributed by atoms with Crippen LogP contribution in [0, 0.1) is 6.07 Å². The second-order valence-electron chi connectivity index (χ2n) is 3.34. The molecule has 0 fully saturated rings. The monoisotopic (exact) mass is 221 g/mol. The standard InChI is InChI=1S/C13H8F3/c14-13(15,16)12-9-5-4-8-11(12)10-6-2-1-3-7-10/h1-3,5-9H. The summed E-state index contributed by atoms with van der Waals surface area (Å²) in [6, 6.07) is 14.8. The first kappa shape index (κ1) is 10.7. The van der Waals surface area contributed by atoms with Crippen LogP contribution < -0.4 is 0 Å². The fraction of sp³-hybridized carbons (Fsp3) is 0.0769. The van der Waals surface area contributed by atoms with E-state index in [4.69, 9.17) is 0 Å². The molecule has 2 aromatic carbocycles. The average molecular weight is 221 g/mol. The Balaban J connectivity index is 2.58. The summed E-state index contributed by atoms with van der Waals surface area (Å²) in [5.41, 5.74) is 0.0831. The zero-order chi connectivity index (χ0) is 11.6. The molecule has 0 spiro atoms. The first-order valence-corrected chi connectivity index (χ1v) is 4.72. The molecule has 2 aromatic rings. The molecule has 0 nitrogen and oxygen atoms in total. The summed E-state index contributed by atoms with van der Waals surface area (Å²) in [6.07, 6.45) is -4.33. The summed E-state index contributed by atoms with van der Waals surface area (Å²) in [5.74, 6) is 0. The van der Waals surface area contributed by atoms with Gasteiger partial charge in [0.1, 0.15) is 0 Å². The maximum absolute atomic E-state index is 12.7. The van der Waals surface area contributed by atoms with E-state index in [1.54, 1.807) is 30.3 Å². The lowest BCUT2D eigenvalue weighted by Gasteiger charge is -2.12. The maximum Gasteiger partial charge on any atom is 0.417 e. The van der Waals surface area contributed by atoms with Crippen LogP contribution in [-0.4, -0.2) is 0 Å². The fourth-order valence-corrected chi connectivity index (χ4v) is 1.53. The number of hydrogen-bond acceptors (Lipinski definition) is 0. The van der Waals surface area contributed by atoms with Gasteiger partial charge in [0.05, 0.1) is 5.56 Å². The summed E-state index contributed by atoms with van der Waals surface area (Å²) in [7, 11) is 0. The molecule has 1 radical (unpaired) electrons. The molecular formula is C13H8F3. The van der Waals surface area contributed by atoms with Crippen molar-refractivity contribution in [2.24, 2.45) is 0 Å². The van der Waals surface area contributed by atoms with Gasteiger partial charge < -0.3 is 0 Å². The smallest absolute Gasteiger partial charge is 0.166 e. The Hall–Kier alpha value is -1.77. The fourth-order valence-electron chi connectivity index (χ4n) is 1.53. The van der Waals surface area contributed by atoms with E-state index in [1.165, 1.54) is 12.1 Å². The van der Waals surface area contributed by atoms with Gasteiger partial charge in [-0.15, -0.1) is 0 Å². The van der Waals surface area contributed by atoms with Crippen LogP contribution in [-0.2, 0) is 6.18 Å². The molecule has 0 aromatic heterocycles. The van der Waals surface area contributed by atoms with E-state index < -0.39 is 11.7 Å². The third-order valence-corrected chi connectivity index (χ3v) is 2.25. The summed E-state index contributed by atoms with van der Waals surface area (Å²) < 4.78 is 38.2. The predicted molar refractivity (Wildman–Crippen MR) is 55.7 cm³/mol. The van der Waals surface area contributed by atoms with Crippen molar-refractivity contribution in [2.75, 3.05) is 0 Å². The maximum atomic E-state index is 12.7. The molecule has 0 heterocycles. The normalized spacial score (nSPS) is 11.4. The molecule has 81 valence electrons. The molecule has 0 atom stereocenters. The van der Waals surface area contributed by atoms with Gasteiger partial charge in [-0.05, 0) is 29.3 Å². The highest BCUT2D eigenvalue weighted by Crippen LogP contribution is 2.36. The zero-order valence-corrected chi connectivity index (χ0v) is 8.25. The molecule has 0 aliphatic rings. The van der Waals surface area contributed by atoms with Gasteiger partial charge in [0, 0.05) is 0 Å². The summed E-state index contributed by atoms with van der Waals surface area (Å²) in [5, 5.41) is 0. The van der Waals surface area contributed by atoms with Gasteiger partial charge in [-0.2, -0.15) is 13.2 Å². The van der Waals surface area contributed by atoms with Gasteiger partial charge >= 0.3 is 6.18 Å². The van der Waals surface area contributed by atoms with Crippen molar-refractivity contribution in [1.29, 1.82) is 0 Å². The number of halogens is 3. The van der Waals surface area contributed by atoms with Gasteiger partial charge in [0.2, 0.25) is 0 Å². The van der Waals surface area contributed by atoms with Gasteiger partial charge in [-0.1, -0.05) is 36.4 Å². The highest BCUT2D eigenvalue weighted by Gasteiger charge is 2.33. The van der Waals surface area contributed by atoms with Crippen molar-refractivity contribution >= 4 is 0 Å². The molecule has 0 bridgehead atoms. The Morgan fingerprint density at radius 1 is 0.938 bits per heavy atom. The highest BCUT2D eigenvalue weighted by molar-refractivity contribution is 5.67. The number of alkyl halides is 3. The van der Waals surface area contributed by atoms with Crippen LogP contribution in [0.2, 0.25) is 0 Å². The van der Waals surface area contributed by atoms with Crippen LogP contribution in [0.1, 0.15) is 5.56 Å². The SMILES string of the molecule is FC(F)(F)c1cc[c]cc1-c1ccccc1. The van der Waals surface area contributed by atoms with Crippen molar-refractivity contribution in [2.45, 2.75) is 6.18 Å². The van der Waals surface area contributed by atoms with Crippen molar-refractivity contribution in [3.63, 3.8) is 0 Å². The second kappa shape index (κ2) is 4.00. The minimum Gasteiger partial charge on any atom is -0.166 e. The molecule has 16 heavy (non-hydrogen) atoms. The van der Waals surface area contributed by atoms with Gasteiger partial charge in [0.25, 0.3) is 0 Å². The largest absolute Gasteiger partial charge is 0.417 e. The van der Waals surface area contributed by atoms with Crippen molar-refractivity contribution in [3.8, 4) is 11.1 Å². The van der Waals surface area contributed by atoms with E-state index >= 15 is 0 Å². The summed E-state index contributed by atoms with van der Waals surface area (Å²) in [6.45, 7) is 0. The average Bonchev–Trinajstić information content (AvgIpc) is 2.29. The van der Waals surface area contributed by atoms with Crippen LogP contribution in [0.25, 0.3) is 11.1 Å². The molecule has 3 heteroatoms. The minimum absolute atomic E-state index is 0.163. The van der Waals surface area contributed by atoms with Crippen molar-refractivity contribution < 1.29 is 13.2 Å². The lowest BCUT2D eigenvalue weighted by molar-refractivity contribution is -0.137. The zero-order valence-electron chi connectivity index (χ0n) is 8.25. The van der Waals surface area contributed by atoms with Crippen LogP contribution in [0.4, 0.5) is 13.2 Å². The van der Waals surface area contributed by atoms with Crippen molar-refractivity contribution in [3.05, 3.63) is 60.2 Å². The van der Waals surface area contributed by atoms with Gasteiger partial charge in [0.15, 0.2) is 0 Å². The molecule has 0 aliphatic carbocycles. The van der Waals surface area contributed by atoms with E-state index in [2.05, 4.69) is 6.07 Å². The third-order valence-electron chi connectivity index (χ3n) is 2.25. The Morgan fingerprint density at radius 2 is 1.62 bits per heavy atom. The van der Waals surface area contributed by atoms with Gasteiger partial charge in [-0.3, -0.25) is 0 Å². The lowest BCUT2D eigenvalue weighted by Crippen LogP contribution is -2.06. The van der Waals surface area contributed by atoms with Crippen LogP contribution in [0.5, 0.6) is 0 Å². The van der Waals surface area contributed by atoms with Crippen LogP contribution in [0.15, 0.2) is 48.5 Å². The van der Waals surface area contributed by atoms with E-state index in [-0.39, 0.29) is 5.56 Å². The Labute approximate surface area is 91.4 Å². The van der Waals surface area contributed by atoms with Gasteiger partial charge in [-0.25, -0.2) is 0 Å².